The van der Waals surface area contributed by atoms with E-state index >= 15 is 0 Å². The average Bonchev–Trinajstić information content (AvgIpc) is 3.35. The molecule has 1 N–H and O–H groups in total. The van der Waals surface area contributed by atoms with Crippen LogP contribution < -0.4 is 17.9 Å². The Balaban J connectivity index is 1.59. The highest BCUT2D eigenvalue weighted by Crippen LogP contribution is 2.30. The molecule has 6 nitrogen and oxygen atoms in total. The van der Waals surface area contributed by atoms with Crippen LogP contribution in [0, 0.1) is 0 Å². The molecule has 0 aliphatic carbocycles. The van der Waals surface area contributed by atoms with E-state index in [9.17, 15) is 4.79 Å². The minimum absolute atomic E-state index is 0.244. The van der Waals surface area contributed by atoms with Gasteiger partial charge in [-0.15, -0.1) is 11.3 Å². The highest BCUT2D eigenvalue weighted by molar-refractivity contribution is 14.1. The minimum Gasteiger partial charge on any atom is -0.489 e. The summed E-state index contributed by atoms with van der Waals surface area (Å²) in [6.45, 7) is 1.12. The van der Waals surface area contributed by atoms with Gasteiger partial charge in [-0.3, -0.25) is 4.79 Å². The maximum absolute atomic E-state index is 13.4. The van der Waals surface area contributed by atoms with Crippen LogP contribution in [0.1, 0.15) is 27.2 Å². The summed E-state index contributed by atoms with van der Waals surface area (Å²) in [6.07, 6.45) is 0. The van der Waals surface area contributed by atoms with Crippen molar-refractivity contribution in [1.29, 1.82) is 0 Å². The summed E-state index contributed by atoms with van der Waals surface area (Å²) in [7, 11) is 1.85. The van der Waals surface area contributed by atoms with Gasteiger partial charge >= 0.3 is 0 Å². The molecular weight excluding hydrogens is 632 g/mol. The zero-order valence-corrected chi connectivity index (χ0v) is 23.7. The summed E-state index contributed by atoms with van der Waals surface area (Å²) < 4.78 is 13.5. The van der Waals surface area contributed by atoms with Gasteiger partial charge in [-0.05, 0) is 31.3 Å². The third-order valence-corrected chi connectivity index (χ3v) is 7.91. The van der Waals surface area contributed by atoms with Crippen LogP contribution in [0.25, 0.3) is 0 Å². The van der Waals surface area contributed by atoms with Crippen molar-refractivity contribution in [3.05, 3.63) is 105 Å². The third-order valence-electron chi connectivity index (χ3n) is 5.08. The molecule has 1 heterocycles. The van der Waals surface area contributed by atoms with E-state index in [0.29, 0.717) is 38.8 Å². The van der Waals surface area contributed by atoms with E-state index in [1.807, 2.05) is 83.8 Å². The normalized spacial score (nSPS) is 10.8. The smallest absolute Gasteiger partial charge is 0.269 e. The van der Waals surface area contributed by atoms with Crippen molar-refractivity contribution in [3.8, 4) is 11.5 Å². The lowest BCUT2D eigenvalue weighted by Gasteiger charge is -2.15. The lowest BCUT2D eigenvalue weighted by Crippen LogP contribution is -2.20. The van der Waals surface area contributed by atoms with E-state index in [1.165, 1.54) is 14.5 Å². The van der Waals surface area contributed by atoms with Gasteiger partial charge in [0.2, 0.25) is 5.13 Å². The lowest BCUT2D eigenvalue weighted by molar-refractivity contribution is 0.101. The number of aromatic nitrogens is 1. The fraction of sp³-hybridized carbons (Fsp3) is 0.154. The molecule has 0 saturated carbocycles. The van der Waals surface area contributed by atoms with Crippen LogP contribution >= 0.6 is 57.4 Å². The first-order valence-electron chi connectivity index (χ1n) is 10.9. The molecule has 0 bridgehead atoms. The summed E-state index contributed by atoms with van der Waals surface area (Å²) in [5.74, 6) is 0.719. The van der Waals surface area contributed by atoms with Crippen molar-refractivity contribution in [1.82, 2.24) is 10.3 Å². The zero-order chi connectivity index (χ0) is 25.5. The van der Waals surface area contributed by atoms with Crippen LogP contribution in [0.4, 0.5) is 5.13 Å². The minimum atomic E-state index is -0.244. The molecule has 0 spiro atoms. The Hall–Kier alpha value is -2.37. The number of nitrogens with one attached hydrogen (secondary N) is 1. The average molecular weight is 654 g/mol. The van der Waals surface area contributed by atoms with E-state index in [1.54, 1.807) is 18.2 Å². The second-order valence-electron chi connectivity index (χ2n) is 7.69. The molecule has 4 aromatic rings. The number of rotatable bonds is 10. The van der Waals surface area contributed by atoms with Crippen molar-refractivity contribution in [2.24, 2.45) is 0 Å². The first kappa shape index (κ1) is 26.7. The summed E-state index contributed by atoms with van der Waals surface area (Å²) in [6, 6.07) is 20.0. The number of thiazole rings is 1. The molecule has 0 aliphatic rings. The number of ether oxygens (including phenoxy) is 2. The molecule has 0 saturated heterocycles. The van der Waals surface area contributed by atoms with Gasteiger partial charge in [-0.2, -0.15) is 0 Å². The van der Waals surface area contributed by atoms with E-state index in [-0.39, 0.29) is 19.1 Å². The standard InChI is InChI=1S/C26H22Cl2IN3O3S/c1-30-13-20-16-36-26(31-20)32(29)25(33)19-10-21(34-14-17-6-2-4-8-23(17)27)12-22(11-19)35-15-18-7-3-5-9-24(18)28/h2-12,16,30H,13-15H2,1H3. The first-order valence-corrected chi connectivity index (χ1v) is 13.5. The van der Waals surface area contributed by atoms with Gasteiger partial charge in [0.05, 0.1) is 28.6 Å². The number of benzene rings is 3. The molecule has 0 radical (unpaired) electrons. The molecule has 1 amide bonds. The highest BCUT2D eigenvalue weighted by atomic mass is 127. The number of amides is 1. The molecule has 0 fully saturated rings. The Labute approximate surface area is 237 Å². The van der Waals surface area contributed by atoms with E-state index < -0.39 is 0 Å². The largest absolute Gasteiger partial charge is 0.489 e. The Morgan fingerprint density at radius 3 is 2.06 bits per heavy atom. The fourth-order valence-corrected chi connectivity index (χ4v) is 5.09. The summed E-state index contributed by atoms with van der Waals surface area (Å²) in [5, 5.41) is 6.79. The summed E-state index contributed by atoms with van der Waals surface area (Å²) in [5.41, 5.74) is 2.95. The SMILES string of the molecule is CNCc1csc(N(I)C(=O)c2cc(OCc3ccccc3Cl)cc(OCc3ccccc3Cl)c2)n1. The Morgan fingerprint density at radius 2 is 1.53 bits per heavy atom. The molecule has 4 rings (SSSR count). The molecule has 0 atom stereocenters. The Bertz CT molecular complexity index is 1280. The van der Waals surface area contributed by atoms with E-state index in [0.717, 1.165) is 16.8 Å². The van der Waals surface area contributed by atoms with E-state index in [4.69, 9.17) is 32.7 Å². The lowest BCUT2D eigenvalue weighted by atomic mass is 10.2. The predicted molar refractivity (Wildman–Crippen MR) is 154 cm³/mol. The summed E-state index contributed by atoms with van der Waals surface area (Å²) >= 11 is 15.9. The second kappa shape index (κ2) is 12.7. The predicted octanol–water partition coefficient (Wildman–Crippen LogP) is 7.32. The van der Waals surface area contributed by atoms with E-state index in [2.05, 4.69) is 10.3 Å². The maximum Gasteiger partial charge on any atom is 0.269 e. The van der Waals surface area contributed by atoms with Crippen LogP contribution in [0.3, 0.4) is 0 Å². The Kier molecular flexibility index (Phi) is 9.44. The van der Waals surface area contributed by atoms with Crippen molar-refractivity contribution < 1.29 is 14.3 Å². The van der Waals surface area contributed by atoms with Gasteiger partial charge < -0.3 is 14.8 Å². The monoisotopic (exact) mass is 653 g/mol. The third kappa shape index (κ3) is 6.89. The number of halogens is 3. The number of carbonyl (C=O) groups excluding carboxylic acids is 1. The number of anilines is 1. The van der Waals surface area contributed by atoms with Gasteiger partial charge in [-0.1, -0.05) is 59.6 Å². The molecule has 0 aliphatic heterocycles. The number of carbonyl (C=O) groups is 1. The fourth-order valence-electron chi connectivity index (χ4n) is 3.26. The van der Waals surface area contributed by atoms with Crippen molar-refractivity contribution in [3.63, 3.8) is 0 Å². The van der Waals surface area contributed by atoms with Crippen LogP contribution in [-0.2, 0) is 19.8 Å². The zero-order valence-electron chi connectivity index (χ0n) is 19.2. The first-order chi connectivity index (χ1) is 17.4. The molecule has 186 valence electrons. The second-order valence-corrected chi connectivity index (χ2v) is 10.3. The number of nitrogens with zero attached hydrogens (tertiary/aromatic N) is 2. The van der Waals surface area contributed by atoms with Crippen LogP contribution in [-0.4, -0.2) is 17.9 Å². The van der Waals surface area contributed by atoms with Gasteiger partial charge in [0.15, 0.2) is 0 Å². The van der Waals surface area contributed by atoms with Gasteiger partial charge in [0, 0.05) is 44.7 Å². The van der Waals surface area contributed by atoms with Gasteiger partial charge in [0.1, 0.15) is 24.7 Å². The van der Waals surface area contributed by atoms with Crippen molar-refractivity contribution in [2.75, 3.05) is 10.2 Å². The Morgan fingerprint density at radius 1 is 0.972 bits per heavy atom. The van der Waals surface area contributed by atoms with Crippen molar-refractivity contribution in [2.45, 2.75) is 19.8 Å². The molecule has 3 aromatic carbocycles. The van der Waals surface area contributed by atoms with Crippen molar-refractivity contribution >= 4 is 68.4 Å². The van der Waals surface area contributed by atoms with Crippen LogP contribution in [0.2, 0.25) is 10.0 Å². The summed E-state index contributed by atoms with van der Waals surface area (Å²) in [4.78, 5) is 17.9. The number of hydrogen-bond donors (Lipinski definition) is 1. The maximum atomic E-state index is 13.4. The molecule has 0 unspecified atom stereocenters. The number of hydrogen-bond acceptors (Lipinski definition) is 6. The highest BCUT2D eigenvalue weighted by Gasteiger charge is 2.20. The molecule has 10 heteroatoms. The van der Waals surface area contributed by atoms with Crippen LogP contribution in [0.15, 0.2) is 72.1 Å². The van der Waals surface area contributed by atoms with Gasteiger partial charge in [-0.25, -0.2) is 8.10 Å². The molecule has 36 heavy (non-hydrogen) atoms. The quantitative estimate of drug-likeness (QED) is 0.144. The van der Waals surface area contributed by atoms with Gasteiger partial charge in [0.25, 0.3) is 5.91 Å². The molecular formula is C26H22Cl2IN3O3S. The topological polar surface area (TPSA) is 63.7 Å². The van der Waals surface area contributed by atoms with Crippen LogP contribution in [0.5, 0.6) is 11.5 Å². The molecule has 1 aromatic heterocycles.